The molecule has 0 spiro atoms. The van der Waals surface area contributed by atoms with Gasteiger partial charge in [-0.25, -0.2) is 9.48 Å². The Hall–Kier alpha value is -3.43. The van der Waals surface area contributed by atoms with E-state index in [-0.39, 0.29) is 17.8 Å². The van der Waals surface area contributed by atoms with Gasteiger partial charge in [-0.2, -0.15) is 5.10 Å². The average Bonchev–Trinajstić information content (AvgIpc) is 2.74. The first kappa shape index (κ1) is 20.3. The minimum Gasteiger partial charge on any atom is -0.351 e. The van der Waals surface area contributed by atoms with Gasteiger partial charge in [-0.1, -0.05) is 25.1 Å². The number of carbonyl (C=O) groups is 3. The van der Waals surface area contributed by atoms with E-state index >= 15 is 0 Å². The highest BCUT2D eigenvalue weighted by atomic mass is 16.2. The van der Waals surface area contributed by atoms with Gasteiger partial charge in [-0.3, -0.25) is 25.2 Å². The minimum atomic E-state index is -0.623. The van der Waals surface area contributed by atoms with E-state index in [1.54, 1.807) is 24.3 Å². The van der Waals surface area contributed by atoms with Crippen LogP contribution >= 0.6 is 0 Å². The maximum atomic E-state index is 12.7. The number of carbonyl (C=O) groups excluding carboxylic acids is 3. The molecule has 1 aromatic carbocycles. The number of benzene rings is 1. The highest BCUT2D eigenvalue weighted by Crippen LogP contribution is 2.16. The van der Waals surface area contributed by atoms with Crippen LogP contribution in [0, 0.1) is 5.92 Å². The summed E-state index contributed by atoms with van der Waals surface area (Å²) in [5.41, 5.74) is 9.83. The number of nitrogens with two attached hydrogens (primary N) is 1. The number of primary amides is 1. The molecule has 2 aromatic rings. The van der Waals surface area contributed by atoms with E-state index < -0.39 is 23.8 Å². The quantitative estimate of drug-likeness (QED) is 0.636. The minimum absolute atomic E-state index is 0.0522. The maximum absolute atomic E-state index is 12.7. The molecule has 1 aliphatic rings. The number of fused-ring (bicyclic) bond motifs is 1. The number of hydrogen-bond acceptors (Lipinski definition) is 5. The Morgan fingerprint density at radius 3 is 2.62 bits per heavy atom. The summed E-state index contributed by atoms with van der Waals surface area (Å²) in [6.45, 7) is 3.00. The lowest BCUT2D eigenvalue weighted by Crippen LogP contribution is -2.51. The first-order valence-electron chi connectivity index (χ1n) is 9.56. The molecule has 0 saturated carbocycles. The van der Waals surface area contributed by atoms with Crippen molar-refractivity contribution in [3.8, 4) is 0 Å². The zero-order valence-corrected chi connectivity index (χ0v) is 16.2. The van der Waals surface area contributed by atoms with Crippen LogP contribution in [0.3, 0.4) is 0 Å². The van der Waals surface area contributed by atoms with Gasteiger partial charge < -0.3 is 10.6 Å². The maximum Gasteiger partial charge on any atom is 0.314 e. The second-order valence-corrected chi connectivity index (χ2v) is 6.99. The van der Waals surface area contributed by atoms with Crippen molar-refractivity contribution in [3.05, 3.63) is 40.3 Å². The predicted octanol–water partition coefficient (Wildman–Crippen LogP) is 0.358. The molecule has 2 heterocycles. The summed E-state index contributed by atoms with van der Waals surface area (Å²) >= 11 is 0. The number of urea groups is 1. The number of amides is 4. The van der Waals surface area contributed by atoms with E-state index in [9.17, 15) is 19.2 Å². The van der Waals surface area contributed by atoms with Crippen molar-refractivity contribution < 1.29 is 14.4 Å². The van der Waals surface area contributed by atoms with E-state index in [2.05, 4.69) is 16.0 Å². The first-order valence-corrected chi connectivity index (χ1v) is 9.56. The molecule has 29 heavy (non-hydrogen) atoms. The molecule has 154 valence electrons. The molecule has 1 aromatic heterocycles. The smallest absolute Gasteiger partial charge is 0.314 e. The summed E-state index contributed by atoms with van der Waals surface area (Å²) in [5, 5.41) is 4.98. The number of nitrogens with one attached hydrogen (secondary N) is 2. The topological polar surface area (TPSA) is 139 Å². The molecule has 10 nitrogen and oxygen atoms in total. The van der Waals surface area contributed by atoms with Crippen LogP contribution in [0.4, 0.5) is 4.79 Å². The van der Waals surface area contributed by atoms with Crippen molar-refractivity contribution >= 4 is 28.6 Å². The number of hydrogen-bond donors (Lipinski definition) is 3. The van der Waals surface area contributed by atoms with Crippen LogP contribution in [-0.2, 0) is 11.3 Å². The summed E-state index contributed by atoms with van der Waals surface area (Å²) in [4.78, 5) is 50.3. The van der Waals surface area contributed by atoms with Crippen LogP contribution in [0.15, 0.2) is 29.1 Å². The lowest BCUT2D eigenvalue weighted by Gasteiger charge is -2.30. The van der Waals surface area contributed by atoms with Crippen molar-refractivity contribution in [1.82, 2.24) is 25.5 Å². The Morgan fingerprint density at radius 1 is 1.21 bits per heavy atom. The Kier molecular flexibility index (Phi) is 6.10. The summed E-state index contributed by atoms with van der Waals surface area (Å²) < 4.78 is 1.25. The Morgan fingerprint density at radius 2 is 1.93 bits per heavy atom. The van der Waals surface area contributed by atoms with Crippen LogP contribution < -0.4 is 22.1 Å². The molecule has 1 saturated heterocycles. The fraction of sp³-hybridized carbons (Fsp3) is 0.421. The summed E-state index contributed by atoms with van der Waals surface area (Å²) in [6.07, 6.45) is 1.93. The summed E-state index contributed by atoms with van der Waals surface area (Å²) in [5.74, 6) is -1.49. The number of piperidine rings is 1. The lowest BCUT2D eigenvalue weighted by atomic mass is 9.98. The number of likely N-dealkylation sites (tertiary alicyclic amines) is 1. The number of rotatable bonds is 4. The molecule has 1 fully saturated rings. The van der Waals surface area contributed by atoms with E-state index in [0.29, 0.717) is 43.1 Å². The zero-order chi connectivity index (χ0) is 21.0. The zero-order valence-electron chi connectivity index (χ0n) is 16.2. The Labute approximate surface area is 167 Å². The molecular formula is C19H24N6O4. The van der Waals surface area contributed by atoms with Gasteiger partial charge in [0.1, 0.15) is 0 Å². The van der Waals surface area contributed by atoms with Gasteiger partial charge >= 0.3 is 6.03 Å². The predicted molar refractivity (Wildman–Crippen MR) is 106 cm³/mol. The molecule has 1 atom stereocenters. The van der Waals surface area contributed by atoms with Crippen LogP contribution in [-0.4, -0.2) is 45.6 Å². The summed E-state index contributed by atoms with van der Waals surface area (Å²) in [6, 6.07) is 6.14. The molecule has 3 rings (SSSR count). The average molecular weight is 400 g/mol. The van der Waals surface area contributed by atoms with E-state index in [0.717, 1.165) is 0 Å². The molecule has 0 bridgehead atoms. The lowest BCUT2D eigenvalue weighted by molar-refractivity contribution is -0.127. The largest absolute Gasteiger partial charge is 0.351 e. The van der Waals surface area contributed by atoms with Crippen LogP contribution in [0.1, 0.15) is 36.7 Å². The molecular weight excluding hydrogens is 376 g/mol. The highest BCUT2D eigenvalue weighted by Gasteiger charge is 2.28. The van der Waals surface area contributed by atoms with Crippen molar-refractivity contribution in [2.45, 2.75) is 32.7 Å². The first-order chi connectivity index (χ1) is 13.9. The van der Waals surface area contributed by atoms with Gasteiger partial charge in [0.2, 0.25) is 5.91 Å². The van der Waals surface area contributed by atoms with Crippen molar-refractivity contribution in [2.75, 3.05) is 13.1 Å². The number of nitrogens with zero attached hydrogens (tertiary/aromatic N) is 3. The highest BCUT2D eigenvalue weighted by molar-refractivity contribution is 6.05. The van der Waals surface area contributed by atoms with Gasteiger partial charge in [-0.15, -0.1) is 0 Å². The molecule has 1 aliphatic heterocycles. The summed E-state index contributed by atoms with van der Waals surface area (Å²) in [7, 11) is 0. The van der Waals surface area contributed by atoms with Crippen LogP contribution in [0.2, 0.25) is 0 Å². The standard InChI is InChI=1S/C19H24N6O4/c1-2-9-25-18(28)14-8-4-3-7-13(14)15(23-25)17(27)22-21-16(26)12-6-5-10-24(11-12)19(20)29/h3-4,7-8,12H,2,5-6,9-11H2,1H3,(H2,20,29)(H,21,26)(H,22,27)/t12-/m1/s1. The van der Waals surface area contributed by atoms with E-state index in [4.69, 9.17) is 5.73 Å². The second-order valence-electron chi connectivity index (χ2n) is 6.99. The fourth-order valence-corrected chi connectivity index (χ4v) is 3.44. The van der Waals surface area contributed by atoms with Crippen molar-refractivity contribution in [1.29, 1.82) is 0 Å². The Balaban J connectivity index is 1.76. The van der Waals surface area contributed by atoms with Gasteiger partial charge in [-0.05, 0) is 25.3 Å². The van der Waals surface area contributed by atoms with Gasteiger partial charge in [0.15, 0.2) is 5.69 Å². The third-order valence-electron chi connectivity index (χ3n) is 4.92. The third kappa shape index (κ3) is 4.36. The second kappa shape index (κ2) is 8.72. The molecule has 0 radical (unpaired) electrons. The van der Waals surface area contributed by atoms with E-state index in [1.807, 2.05) is 6.92 Å². The molecule has 0 unspecified atom stereocenters. The molecule has 10 heteroatoms. The van der Waals surface area contributed by atoms with Crippen LogP contribution in [0.25, 0.3) is 10.8 Å². The molecule has 0 aliphatic carbocycles. The van der Waals surface area contributed by atoms with Gasteiger partial charge in [0, 0.05) is 25.0 Å². The Bertz CT molecular complexity index is 1000. The van der Waals surface area contributed by atoms with Gasteiger partial charge in [0.05, 0.1) is 11.3 Å². The number of aromatic nitrogens is 2. The molecule has 4 N–H and O–H groups in total. The normalized spacial score (nSPS) is 16.4. The third-order valence-corrected chi connectivity index (χ3v) is 4.92. The number of aryl methyl sites for hydroxylation is 1. The van der Waals surface area contributed by atoms with E-state index in [1.165, 1.54) is 9.58 Å². The number of hydrazine groups is 1. The monoisotopic (exact) mass is 400 g/mol. The van der Waals surface area contributed by atoms with Crippen molar-refractivity contribution in [3.63, 3.8) is 0 Å². The van der Waals surface area contributed by atoms with Crippen LogP contribution in [0.5, 0.6) is 0 Å². The van der Waals surface area contributed by atoms with Gasteiger partial charge in [0.25, 0.3) is 11.5 Å². The molecule has 4 amide bonds. The van der Waals surface area contributed by atoms with Crippen molar-refractivity contribution in [2.24, 2.45) is 11.7 Å². The SMILES string of the molecule is CCCn1nc(C(=O)NNC(=O)[C@@H]2CCCN(C(N)=O)C2)c2ccccc2c1=O. The fourth-order valence-electron chi connectivity index (χ4n) is 3.44.